The molecule has 0 amide bonds. The molecule has 0 saturated heterocycles. The number of aromatic carboxylic acids is 1. The van der Waals surface area contributed by atoms with Crippen molar-refractivity contribution in [3.05, 3.63) is 46.6 Å². The molecular formula is C17H18ClNO3. The highest BCUT2D eigenvalue weighted by atomic mass is 35.5. The molecule has 116 valence electrons. The van der Waals surface area contributed by atoms with Crippen molar-refractivity contribution in [3.63, 3.8) is 0 Å². The quantitative estimate of drug-likeness (QED) is 0.873. The molecule has 0 atom stereocenters. The summed E-state index contributed by atoms with van der Waals surface area (Å²) in [6, 6.07) is 8.93. The molecule has 0 saturated carbocycles. The van der Waals surface area contributed by atoms with Crippen LogP contribution >= 0.6 is 11.6 Å². The Bertz CT molecular complexity index is 681. The Morgan fingerprint density at radius 2 is 1.95 bits per heavy atom. The van der Waals surface area contributed by atoms with Gasteiger partial charge in [-0.15, -0.1) is 0 Å². The lowest BCUT2D eigenvalue weighted by Crippen LogP contribution is -2.11. The fraction of sp³-hybridized carbons (Fsp3) is 0.294. The Balaban J connectivity index is 2.66. The van der Waals surface area contributed by atoms with E-state index in [0.717, 1.165) is 5.56 Å². The smallest absolute Gasteiger partial charge is 0.341 e. The van der Waals surface area contributed by atoms with Crippen LogP contribution in [0.25, 0.3) is 11.3 Å². The van der Waals surface area contributed by atoms with Gasteiger partial charge in [-0.2, -0.15) is 0 Å². The van der Waals surface area contributed by atoms with Gasteiger partial charge in [0, 0.05) is 16.7 Å². The van der Waals surface area contributed by atoms with Crippen LogP contribution in [0.4, 0.5) is 0 Å². The van der Waals surface area contributed by atoms with E-state index in [1.54, 1.807) is 18.2 Å². The molecule has 1 aromatic carbocycles. The lowest BCUT2D eigenvalue weighted by molar-refractivity contribution is 0.0690. The number of carboxylic acid groups (broad SMARTS) is 1. The summed E-state index contributed by atoms with van der Waals surface area (Å²) in [5.74, 6) is -0.710. The number of aromatic nitrogens is 1. The third-order valence-corrected chi connectivity index (χ3v) is 3.46. The molecule has 1 N–H and O–H groups in total. The van der Waals surface area contributed by atoms with Crippen LogP contribution in [-0.4, -0.2) is 22.7 Å². The highest BCUT2D eigenvalue weighted by Gasteiger charge is 2.22. The fourth-order valence-corrected chi connectivity index (χ4v) is 2.34. The number of carbonyl (C=O) groups is 1. The van der Waals surface area contributed by atoms with Gasteiger partial charge >= 0.3 is 5.97 Å². The first-order chi connectivity index (χ1) is 10.4. The summed E-state index contributed by atoms with van der Waals surface area (Å²) < 4.78 is 5.53. The Kier molecular flexibility index (Phi) is 5.03. The van der Waals surface area contributed by atoms with E-state index in [0.29, 0.717) is 28.8 Å². The number of ether oxygens (including phenoxy) is 1. The predicted octanol–water partition coefficient (Wildman–Crippen LogP) is 4.62. The summed E-state index contributed by atoms with van der Waals surface area (Å²) in [5.41, 5.74) is 2.19. The molecule has 0 radical (unpaired) electrons. The van der Waals surface area contributed by atoms with E-state index in [1.165, 1.54) is 0 Å². The summed E-state index contributed by atoms with van der Waals surface area (Å²) in [4.78, 5) is 16.1. The fourth-order valence-electron chi connectivity index (χ4n) is 2.21. The van der Waals surface area contributed by atoms with Crippen molar-refractivity contribution in [2.24, 2.45) is 0 Å². The van der Waals surface area contributed by atoms with Gasteiger partial charge in [0.25, 0.3) is 0 Å². The first-order valence-corrected chi connectivity index (χ1v) is 7.48. The van der Waals surface area contributed by atoms with Crippen LogP contribution in [0.15, 0.2) is 30.3 Å². The van der Waals surface area contributed by atoms with Gasteiger partial charge in [0.2, 0.25) is 0 Å². The van der Waals surface area contributed by atoms with Crippen molar-refractivity contribution < 1.29 is 14.6 Å². The van der Waals surface area contributed by atoms with Crippen molar-refractivity contribution in [2.75, 3.05) is 6.61 Å². The van der Waals surface area contributed by atoms with Crippen molar-refractivity contribution >= 4 is 17.6 Å². The monoisotopic (exact) mass is 319 g/mol. The number of pyridine rings is 1. The number of hydrogen-bond acceptors (Lipinski definition) is 3. The molecule has 1 aromatic heterocycles. The minimum atomic E-state index is -1.03. The van der Waals surface area contributed by atoms with Crippen LogP contribution < -0.4 is 4.74 Å². The minimum Gasteiger partial charge on any atom is -0.493 e. The Morgan fingerprint density at radius 3 is 2.45 bits per heavy atom. The van der Waals surface area contributed by atoms with E-state index >= 15 is 0 Å². The summed E-state index contributed by atoms with van der Waals surface area (Å²) in [7, 11) is 0. The van der Waals surface area contributed by atoms with Crippen LogP contribution in [0.3, 0.4) is 0 Å². The standard InChI is InChI=1S/C17H18ClNO3/c1-4-22-14-9-13(11-5-7-12(18)8-6-11)19-16(10(2)3)15(14)17(20)21/h5-10H,4H2,1-3H3,(H,20,21). The van der Waals surface area contributed by atoms with E-state index in [-0.39, 0.29) is 11.5 Å². The first-order valence-electron chi connectivity index (χ1n) is 7.11. The molecule has 0 aliphatic heterocycles. The van der Waals surface area contributed by atoms with Crippen molar-refractivity contribution in [1.29, 1.82) is 0 Å². The Labute approximate surface area is 134 Å². The molecule has 0 aliphatic carbocycles. The van der Waals surface area contributed by atoms with Gasteiger partial charge in [0.1, 0.15) is 11.3 Å². The molecule has 22 heavy (non-hydrogen) atoms. The average molecular weight is 320 g/mol. The van der Waals surface area contributed by atoms with Gasteiger partial charge in [-0.3, -0.25) is 4.98 Å². The van der Waals surface area contributed by atoms with E-state index in [4.69, 9.17) is 16.3 Å². The molecule has 2 aromatic rings. The predicted molar refractivity (Wildman–Crippen MR) is 86.9 cm³/mol. The van der Waals surface area contributed by atoms with Crippen molar-refractivity contribution in [2.45, 2.75) is 26.7 Å². The third kappa shape index (κ3) is 3.39. The highest BCUT2D eigenvalue weighted by Crippen LogP contribution is 2.32. The maximum absolute atomic E-state index is 11.6. The van der Waals surface area contributed by atoms with Crippen LogP contribution in [0, 0.1) is 0 Å². The summed E-state index contributed by atoms with van der Waals surface area (Å²) in [5, 5.41) is 10.1. The second-order valence-corrected chi connectivity index (χ2v) is 5.60. The normalized spacial score (nSPS) is 10.8. The van der Waals surface area contributed by atoms with E-state index < -0.39 is 5.97 Å². The second kappa shape index (κ2) is 6.79. The molecule has 5 heteroatoms. The first kappa shape index (κ1) is 16.3. The van der Waals surface area contributed by atoms with E-state index in [2.05, 4.69) is 4.98 Å². The number of benzene rings is 1. The maximum atomic E-state index is 11.6. The van der Waals surface area contributed by atoms with Gasteiger partial charge in [-0.1, -0.05) is 37.6 Å². The summed E-state index contributed by atoms with van der Waals surface area (Å²) >= 11 is 5.91. The van der Waals surface area contributed by atoms with Crippen LogP contribution in [0.5, 0.6) is 5.75 Å². The van der Waals surface area contributed by atoms with E-state index in [9.17, 15) is 9.90 Å². The van der Waals surface area contributed by atoms with Gasteiger partial charge in [0.05, 0.1) is 18.0 Å². The molecule has 1 heterocycles. The number of carboxylic acids is 1. The zero-order valence-electron chi connectivity index (χ0n) is 12.8. The molecule has 0 unspecified atom stereocenters. The van der Waals surface area contributed by atoms with Crippen molar-refractivity contribution in [3.8, 4) is 17.0 Å². The number of halogens is 1. The molecule has 2 rings (SSSR count). The molecule has 0 aliphatic rings. The lowest BCUT2D eigenvalue weighted by Gasteiger charge is -2.16. The molecule has 4 nitrogen and oxygen atoms in total. The van der Waals surface area contributed by atoms with Gasteiger partial charge in [-0.25, -0.2) is 4.79 Å². The van der Waals surface area contributed by atoms with Crippen LogP contribution in [0.1, 0.15) is 42.7 Å². The van der Waals surface area contributed by atoms with Gasteiger partial charge in [0.15, 0.2) is 0 Å². The van der Waals surface area contributed by atoms with E-state index in [1.807, 2.05) is 32.9 Å². The Hall–Kier alpha value is -2.07. The maximum Gasteiger partial charge on any atom is 0.341 e. The number of rotatable bonds is 5. The van der Waals surface area contributed by atoms with Gasteiger partial charge < -0.3 is 9.84 Å². The molecule has 0 spiro atoms. The molecule has 0 bridgehead atoms. The van der Waals surface area contributed by atoms with Crippen LogP contribution in [0.2, 0.25) is 5.02 Å². The minimum absolute atomic E-state index is 0.0300. The Morgan fingerprint density at radius 1 is 1.32 bits per heavy atom. The number of nitrogens with zero attached hydrogens (tertiary/aromatic N) is 1. The average Bonchev–Trinajstić information content (AvgIpc) is 2.47. The lowest BCUT2D eigenvalue weighted by atomic mass is 10.0. The second-order valence-electron chi connectivity index (χ2n) is 5.17. The third-order valence-electron chi connectivity index (χ3n) is 3.21. The van der Waals surface area contributed by atoms with Crippen LogP contribution in [-0.2, 0) is 0 Å². The largest absolute Gasteiger partial charge is 0.493 e. The highest BCUT2D eigenvalue weighted by molar-refractivity contribution is 6.30. The zero-order chi connectivity index (χ0) is 16.3. The topological polar surface area (TPSA) is 59.4 Å². The molecule has 0 fully saturated rings. The molecular weight excluding hydrogens is 302 g/mol. The van der Waals surface area contributed by atoms with Gasteiger partial charge in [-0.05, 0) is 25.0 Å². The number of hydrogen-bond donors (Lipinski definition) is 1. The zero-order valence-corrected chi connectivity index (χ0v) is 13.5. The van der Waals surface area contributed by atoms with Crippen molar-refractivity contribution in [1.82, 2.24) is 4.98 Å². The summed E-state index contributed by atoms with van der Waals surface area (Å²) in [6.07, 6.45) is 0. The summed E-state index contributed by atoms with van der Waals surface area (Å²) in [6.45, 7) is 6.04. The SMILES string of the molecule is CCOc1cc(-c2ccc(Cl)cc2)nc(C(C)C)c1C(=O)O.